The quantitative estimate of drug-likeness (QED) is 0.588. The Balaban J connectivity index is 2.41. The average molecular weight is 332 g/mol. The summed E-state index contributed by atoms with van der Waals surface area (Å²) in [5.74, 6) is 0.443. The maximum atomic E-state index is 11.9. The summed E-state index contributed by atoms with van der Waals surface area (Å²) in [5, 5.41) is 0. The van der Waals surface area contributed by atoms with Crippen LogP contribution in [0.15, 0.2) is 10.3 Å². The van der Waals surface area contributed by atoms with Gasteiger partial charge in [0.05, 0.1) is 10.9 Å². The van der Waals surface area contributed by atoms with Crippen molar-refractivity contribution in [2.75, 3.05) is 25.6 Å². The standard InChI is InChI=1S/C10H15Cl2NO3S2/c1-8-7-9(17-10(8)12)18(14,15)13-4-2-5-16-6-3-11/h7,13H,2-6H2,1H3. The van der Waals surface area contributed by atoms with E-state index < -0.39 is 10.0 Å². The molecule has 0 atom stereocenters. The van der Waals surface area contributed by atoms with Crippen LogP contribution >= 0.6 is 34.5 Å². The van der Waals surface area contributed by atoms with Gasteiger partial charge >= 0.3 is 0 Å². The number of hydrogen-bond donors (Lipinski definition) is 1. The summed E-state index contributed by atoms with van der Waals surface area (Å²) < 4.78 is 32.1. The smallest absolute Gasteiger partial charge is 0.250 e. The highest BCUT2D eigenvalue weighted by molar-refractivity contribution is 7.91. The molecule has 1 heterocycles. The Morgan fingerprint density at radius 2 is 2.17 bits per heavy atom. The minimum Gasteiger partial charge on any atom is -0.380 e. The van der Waals surface area contributed by atoms with E-state index in [1.165, 1.54) is 0 Å². The predicted molar refractivity (Wildman–Crippen MR) is 75.4 cm³/mol. The molecule has 0 aromatic carbocycles. The first-order chi connectivity index (χ1) is 8.47. The van der Waals surface area contributed by atoms with Crippen LogP contribution in [0.4, 0.5) is 0 Å². The molecule has 1 aromatic rings. The van der Waals surface area contributed by atoms with Crippen molar-refractivity contribution in [3.05, 3.63) is 16.0 Å². The van der Waals surface area contributed by atoms with Gasteiger partial charge in [-0.15, -0.1) is 22.9 Å². The lowest BCUT2D eigenvalue weighted by Gasteiger charge is -2.04. The number of nitrogens with one attached hydrogen (secondary N) is 1. The Hall–Kier alpha value is 0.150. The largest absolute Gasteiger partial charge is 0.380 e. The van der Waals surface area contributed by atoms with Crippen molar-refractivity contribution >= 4 is 44.6 Å². The summed E-state index contributed by atoms with van der Waals surface area (Å²) in [4.78, 5) is 0. The van der Waals surface area contributed by atoms with Crippen LogP contribution in [-0.2, 0) is 14.8 Å². The second-order valence-corrected chi connectivity index (χ2v) is 7.60. The van der Waals surface area contributed by atoms with E-state index in [0.29, 0.717) is 36.4 Å². The molecule has 104 valence electrons. The molecule has 8 heteroatoms. The monoisotopic (exact) mass is 331 g/mol. The van der Waals surface area contributed by atoms with E-state index in [4.69, 9.17) is 27.9 Å². The molecule has 0 spiro atoms. The molecule has 0 unspecified atom stereocenters. The van der Waals surface area contributed by atoms with Crippen molar-refractivity contribution in [3.63, 3.8) is 0 Å². The first-order valence-electron chi connectivity index (χ1n) is 5.36. The molecule has 0 saturated carbocycles. The maximum Gasteiger partial charge on any atom is 0.250 e. The Morgan fingerprint density at radius 3 is 2.72 bits per heavy atom. The van der Waals surface area contributed by atoms with Gasteiger partial charge in [-0.05, 0) is 25.0 Å². The van der Waals surface area contributed by atoms with Gasteiger partial charge in [0.25, 0.3) is 0 Å². The molecular weight excluding hydrogens is 317 g/mol. The van der Waals surface area contributed by atoms with Gasteiger partial charge in [0.2, 0.25) is 10.0 Å². The van der Waals surface area contributed by atoms with Gasteiger partial charge in [0.15, 0.2) is 0 Å². The Morgan fingerprint density at radius 1 is 1.44 bits per heavy atom. The minimum atomic E-state index is -3.45. The summed E-state index contributed by atoms with van der Waals surface area (Å²) >= 11 is 12.3. The van der Waals surface area contributed by atoms with Gasteiger partial charge in [0, 0.05) is 19.0 Å². The molecule has 0 saturated heterocycles. The van der Waals surface area contributed by atoms with Crippen molar-refractivity contribution in [2.45, 2.75) is 17.6 Å². The summed E-state index contributed by atoms with van der Waals surface area (Å²) in [6, 6.07) is 1.57. The van der Waals surface area contributed by atoms with E-state index in [1.807, 2.05) is 0 Å². The lowest BCUT2D eigenvalue weighted by atomic mass is 10.4. The van der Waals surface area contributed by atoms with Crippen LogP contribution in [0.25, 0.3) is 0 Å². The highest BCUT2D eigenvalue weighted by Crippen LogP contribution is 2.29. The van der Waals surface area contributed by atoms with Gasteiger partial charge in [-0.2, -0.15) is 0 Å². The zero-order chi connectivity index (χ0) is 13.6. The molecule has 0 radical (unpaired) electrons. The summed E-state index contributed by atoms with van der Waals surface area (Å²) in [6.45, 7) is 3.07. The molecule has 1 N–H and O–H groups in total. The fourth-order valence-electron chi connectivity index (χ4n) is 1.17. The minimum absolute atomic E-state index is 0.242. The van der Waals surface area contributed by atoms with Crippen LogP contribution in [0.1, 0.15) is 12.0 Å². The number of hydrogen-bond acceptors (Lipinski definition) is 4. The molecule has 0 aliphatic heterocycles. The van der Waals surface area contributed by atoms with Gasteiger partial charge in [-0.3, -0.25) is 0 Å². The molecule has 1 rings (SSSR count). The van der Waals surface area contributed by atoms with Crippen molar-refractivity contribution in [2.24, 2.45) is 0 Å². The summed E-state index contributed by atoms with van der Waals surface area (Å²) in [6.07, 6.45) is 0.605. The highest BCUT2D eigenvalue weighted by atomic mass is 35.5. The fourth-order valence-corrected chi connectivity index (χ4v) is 4.11. The molecule has 0 aliphatic carbocycles. The van der Waals surface area contributed by atoms with Crippen molar-refractivity contribution in [3.8, 4) is 0 Å². The SMILES string of the molecule is Cc1cc(S(=O)(=O)NCCCOCCCl)sc1Cl. The fraction of sp³-hybridized carbons (Fsp3) is 0.600. The van der Waals surface area contributed by atoms with E-state index >= 15 is 0 Å². The zero-order valence-electron chi connectivity index (χ0n) is 9.91. The van der Waals surface area contributed by atoms with E-state index in [1.54, 1.807) is 13.0 Å². The van der Waals surface area contributed by atoms with Crippen LogP contribution < -0.4 is 4.72 Å². The third-order valence-corrected chi connectivity index (χ3v) is 5.72. The molecule has 4 nitrogen and oxygen atoms in total. The number of ether oxygens (including phenoxy) is 1. The third kappa shape index (κ3) is 5.03. The first kappa shape index (κ1) is 16.2. The maximum absolute atomic E-state index is 11.9. The molecule has 0 amide bonds. The van der Waals surface area contributed by atoms with Crippen molar-refractivity contribution in [1.82, 2.24) is 4.72 Å². The van der Waals surface area contributed by atoms with Gasteiger partial charge < -0.3 is 4.74 Å². The highest BCUT2D eigenvalue weighted by Gasteiger charge is 2.17. The number of halogens is 2. The summed E-state index contributed by atoms with van der Waals surface area (Å²) in [7, 11) is -3.45. The Labute approximate surface area is 121 Å². The number of sulfonamides is 1. The zero-order valence-corrected chi connectivity index (χ0v) is 13.1. The Bertz CT molecular complexity index is 454. The van der Waals surface area contributed by atoms with Crippen molar-refractivity contribution in [1.29, 1.82) is 0 Å². The second-order valence-electron chi connectivity index (χ2n) is 3.57. The van der Waals surface area contributed by atoms with Crippen LogP contribution in [0.3, 0.4) is 0 Å². The lowest BCUT2D eigenvalue weighted by molar-refractivity contribution is 0.147. The van der Waals surface area contributed by atoms with Gasteiger partial charge in [0.1, 0.15) is 4.21 Å². The number of alkyl halides is 1. The molecular formula is C10H15Cl2NO3S2. The average Bonchev–Trinajstić information content (AvgIpc) is 2.65. The molecule has 18 heavy (non-hydrogen) atoms. The normalized spacial score (nSPS) is 11.9. The third-order valence-electron chi connectivity index (χ3n) is 2.08. The number of aryl methyl sites for hydroxylation is 1. The molecule has 0 fully saturated rings. The summed E-state index contributed by atoms with van der Waals surface area (Å²) in [5.41, 5.74) is 0.771. The molecule has 1 aromatic heterocycles. The predicted octanol–water partition coefficient (Wildman–Crippen LogP) is 2.63. The second kappa shape index (κ2) is 7.67. The molecule has 0 bridgehead atoms. The van der Waals surface area contributed by atoms with E-state index in [2.05, 4.69) is 4.72 Å². The number of rotatable bonds is 8. The van der Waals surface area contributed by atoms with Crippen molar-refractivity contribution < 1.29 is 13.2 Å². The van der Waals surface area contributed by atoms with Crippen LogP contribution in [0.5, 0.6) is 0 Å². The van der Waals surface area contributed by atoms with Crippen LogP contribution in [0, 0.1) is 6.92 Å². The lowest BCUT2D eigenvalue weighted by Crippen LogP contribution is -2.24. The van der Waals surface area contributed by atoms with E-state index in [9.17, 15) is 8.42 Å². The van der Waals surface area contributed by atoms with E-state index in [0.717, 1.165) is 16.9 Å². The van der Waals surface area contributed by atoms with Gasteiger partial charge in [-0.1, -0.05) is 11.6 Å². The molecule has 0 aliphatic rings. The topological polar surface area (TPSA) is 55.4 Å². The first-order valence-corrected chi connectivity index (χ1v) is 8.58. The van der Waals surface area contributed by atoms with Crippen LogP contribution in [0.2, 0.25) is 4.34 Å². The van der Waals surface area contributed by atoms with E-state index in [-0.39, 0.29) is 4.21 Å². The van der Waals surface area contributed by atoms with Crippen LogP contribution in [-0.4, -0.2) is 34.1 Å². The Kier molecular flexibility index (Phi) is 6.90. The van der Waals surface area contributed by atoms with Gasteiger partial charge in [-0.25, -0.2) is 13.1 Å². The number of thiophene rings is 1.